The smallest absolute Gasteiger partial charge is 0.407 e. The van der Waals surface area contributed by atoms with E-state index in [4.69, 9.17) is 10.5 Å². The van der Waals surface area contributed by atoms with Crippen LogP contribution in [0.15, 0.2) is 4.99 Å². The number of alkyl carbamates (subject to hydrolysis) is 1. The second kappa shape index (κ2) is 5.93. The zero-order valence-electron chi connectivity index (χ0n) is 11.7. The van der Waals surface area contributed by atoms with Crippen LogP contribution in [0.2, 0.25) is 0 Å². The zero-order chi connectivity index (χ0) is 13.8. The number of rotatable bonds is 1. The number of carbonyl (C=O) groups excluding carboxylic acids is 1. The summed E-state index contributed by atoms with van der Waals surface area (Å²) >= 11 is 0. The van der Waals surface area contributed by atoms with E-state index in [1.165, 1.54) is 0 Å². The molecule has 0 aromatic heterocycles. The van der Waals surface area contributed by atoms with Crippen molar-refractivity contribution in [3.8, 4) is 0 Å². The molecule has 3 N–H and O–H groups in total. The Labute approximate surface area is 109 Å². The molecule has 0 saturated carbocycles. The highest BCUT2D eigenvalue weighted by Crippen LogP contribution is 2.12. The molecule has 18 heavy (non-hydrogen) atoms. The van der Waals surface area contributed by atoms with Gasteiger partial charge in [-0.15, -0.1) is 0 Å². The lowest BCUT2D eigenvalue weighted by molar-refractivity contribution is 0.0488. The van der Waals surface area contributed by atoms with Gasteiger partial charge in [0, 0.05) is 26.2 Å². The van der Waals surface area contributed by atoms with Crippen LogP contribution < -0.4 is 11.1 Å². The number of hydrogen-bond donors (Lipinski definition) is 2. The summed E-state index contributed by atoms with van der Waals surface area (Å²) in [5.41, 5.74) is 5.29. The molecule has 6 heteroatoms. The topological polar surface area (TPSA) is 80.0 Å². The summed E-state index contributed by atoms with van der Waals surface area (Å²) < 4.78 is 5.22. The first-order valence-corrected chi connectivity index (χ1v) is 6.28. The summed E-state index contributed by atoms with van der Waals surface area (Å²) in [5.74, 6) is 0.561. The number of aliphatic imine (C=N–C) groups is 1. The normalized spacial score (nSPS) is 18.7. The number of nitrogens with zero attached hydrogens (tertiary/aromatic N) is 2. The summed E-state index contributed by atoms with van der Waals surface area (Å²) in [6.45, 7) is 7.18. The van der Waals surface area contributed by atoms with Gasteiger partial charge in [-0.25, -0.2) is 4.79 Å². The van der Waals surface area contributed by atoms with E-state index in [-0.39, 0.29) is 12.1 Å². The van der Waals surface area contributed by atoms with E-state index in [2.05, 4.69) is 10.3 Å². The van der Waals surface area contributed by atoms with Crippen molar-refractivity contribution in [3.05, 3.63) is 0 Å². The van der Waals surface area contributed by atoms with Crippen molar-refractivity contribution >= 4 is 12.1 Å². The summed E-state index contributed by atoms with van der Waals surface area (Å²) in [6, 6.07) is 0.153. The van der Waals surface area contributed by atoms with Gasteiger partial charge < -0.3 is 20.7 Å². The average Bonchev–Trinajstić information content (AvgIpc) is 2.26. The van der Waals surface area contributed by atoms with Crippen LogP contribution in [0.3, 0.4) is 0 Å². The molecule has 0 aromatic rings. The lowest BCUT2D eigenvalue weighted by Gasteiger charge is -2.33. The summed E-state index contributed by atoms with van der Waals surface area (Å²) in [4.78, 5) is 17.6. The van der Waals surface area contributed by atoms with Gasteiger partial charge in [-0.3, -0.25) is 4.99 Å². The maximum absolute atomic E-state index is 11.6. The van der Waals surface area contributed by atoms with Crippen molar-refractivity contribution in [2.75, 3.05) is 20.1 Å². The first kappa shape index (κ1) is 14.6. The van der Waals surface area contributed by atoms with E-state index in [0.29, 0.717) is 5.96 Å². The molecular formula is C12H24N4O2. The molecule has 0 aliphatic carbocycles. The molecule has 0 unspecified atom stereocenters. The van der Waals surface area contributed by atoms with Crippen LogP contribution in [0.25, 0.3) is 0 Å². The van der Waals surface area contributed by atoms with Crippen LogP contribution in [0.5, 0.6) is 0 Å². The van der Waals surface area contributed by atoms with E-state index in [1.54, 1.807) is 7.05 Å². The predicted octanol–water partition coefficient (Wildman–Crippen LogP) is 0.920. The fraction of sp³-hybridized carbons (Fsp3) is 0.833. The summed E-state index contributed by atoms with van der Waals surface area (Å²) in [5, 5.41) is 2.88. The van der Waals surface area contributed by atoms with Gasteiger partial charge in [-0.2, -0.15) is 0 Å². The van der Waals surface area contributed by atoms with Crippen molar-refractivity contribution in [2.45, 2.75) is 45.3 Å². The lowest BCUT2D eigenvalue weighted by atomic mass is 10.1. The Bertz CT molecular complexity index is 315. The third-order valence-corrected chi connectivity index (χ3v) is 2.77. The quantitative estimate of drug-likeness (QED) is 0.540. The first-order chi connectivity index (χ1) is 8.31. The minimum atomic E-state index is -0.454. The van der Waals surface area contributed by atoms with Gasteiger partial charge in [0.05, 0.1) is 0 Å². The summed E-state index contributed by atoms with van der Waals surface area (Å²) in [6.07, 6.45) is 1.36. The molecule has 1 amide bonds. The Balaban J connectivity index is 2.34. The highest BCUT2D eigenvalue weighted by atomic mass is 16.6. The third-order valence-electron chi connectivity index (χ3n) is 2.77. The van der Waals surface area contributed by atoms with E-state index in [9.17, 15) is 4.79 Å². The molecule has 1 rings (SSSR count). The van der Waals surface area contributed by atoms with Crippen LogP contribution in [-0.4, -0.2) is 48.7 Å². The van der Waals surface area contributed by atoms with Crippen LogP contribution in [0, 0.1) is 0 Å². The van der Waals surface area contributed by atoms with Crippen LogP contribution in [0.4, 0.5) is 4.79 Å². The molecule has 104 valence electrons. The van der Waals surface area contributed by atoms with Gasteiger partial charge in [0.2, 0.25) is 0 Å². The van der Waals surface area contributed by atoms with Crippen molar-refractivity contribution in [1.82, 2.24) is 10.2 Å². The van der Waals surface area contributed by atoms with Crippen LogP contribution in [-0.2, 0) is 4.74 Å². The molecule has 0 radical (unpaired) electrons. The number of ether oxygens (including phenoxy) is 1. The monoisotopic (exact) mass is 256 g/mol. The van der Waals surface area contributed by atoms with Crippen molar-refractivity contribution in [1.29, 1.82) is 0 Å². The van der Waals surface area contributed by atoms with E-state index >= 15 is 0 Å². The number of nitrogens with one attached hydrogen (secondary N) is 1. The van der Waals surface area contributed by atoms with Gasteiger partial charge in [0.15, 0.2) is 5.96 Å². The molecule has 6 nitrogen and oxygen atoms in total. The van der Waals surface area contributed by atoms with Gasteiger partial charge in [-0.1, -0.05) is 0 Å². The molecule has 0 spiro atoms. The van der Waals surface area contributed by atoms with Crippen molar-refractivity contribution in [2.24, 2.45) is 10.7 Å². The minimum absolute atomic E-state index is 0.153. The lowest BCUT2D eigenvalue weighted by Crippen LogP contribution is -2.49. The maximum atomic E-state index is 11.6. The standard InChI is InChI=1S/C12H24N4O2/c1-12(2,3)18-11(17)15-9-5-7-16(8-6-9)10(13)14-4/h9H,5-8H2,1-4H3,(H2,13,14)(H,15,17). The van der Waals surface area contributed by atoms with Crippen LogP contribution >= 0.6 is 0 Å². The molecule has 0 aromatic carbocycles. The first-order valence-electron chi connectivity index (χ1n) is 6.28. The van der Waals surface area contributed by atoms with Gasteiger partial charge >= 0.3 is 6.09 Å². The second-order valence-electron chi connectivity index (χ2n) is 5.49. The number of amides is 1. The third kappa shape index (κ3) is 4.81. The Morgan fingerprint density at radius 2 is 1.94 bits per heavy atom. The predicted molar refractivity (Wildman–Crippen MR) is 71.5 cm³/mol. The number of guanidine groups is 1. The Morgan fingerprint density at radius 3 is 2.39 bits per heavy atom. The number of carbonyl (C=O) groups is 1. The van der Waals surface area contributed by atoms with Gasteiger partial charge in [0.25, 0.3) is 0 Å². The molecule has 1 fully saturated rings. The van der Waals surface area contributed by atoms with E-state index in [1.807, 2.05) is 25.7 Å². The van der Waals surface area contributed by atoms with Crippen molar-refractivity contribution in [3.63, 3.8) is 0 Å². The highest BCUT2D eigenvalue weighted by molar-refractivity contribution is 5.78. The van der Waals surface area contributed by atoms with Gasteiger partial charge in [-0.05, 0) is 33.6 Å². The fourth-order valence-corrected chi connectivity index (χ4v) is 1.87. The molecular weight excluding hydrogens is 232 g/mol. The number of hydrogen-bond acceptors (Lipinski definition) is 3. The largest absolute Gasteiger partial charge is 0.444 e. The SMILES string of the molecule is CN=C(N)N1CCC(NC(=O)OC(C)(C)C)CC1. The average molecular weight is 256 g/mol. The minimum Gasteiger partial charge on any atom is -0.444 e. The van der Waals surface area contributed by atoms with Crippen molar-refractivity contribution < 1.29 is 9.53 Å². The fourth-order valence-electron chi connectivity index (χ4n) is 1.87. The Hall–Kier alpha value is -1.46. The number of piperidine rings is 1. The number of likely N-dealkylation sites (tertiary alicyclic amines) is 1. The highest BCUT2D eigenvalue weighted by Gasteiger charge is 2.23. The molecule has 1 aliphatic heterocycles. The number of nitrogens with two attached hydrogens (primary N) is 1. The molecule has 1 aliphatic rings. The van der Waals surface area contributed by atoms with Gasteiger partial charge in [0.1, 0.15) is 5.60 Å². The van der Waals surface area contributed by atoms with E-state index < -0.39 is 5.60 Å². The Morgan fingerprint density at radius 1 is 1.39 bits per heavy atom. The molecule has 0 bridgehead atoms. The molecule has 1 heterocycles. The van der Waals surface area contributed by atoms with Crippen LogP contribution in [0.1, 0.15) is 33.6 Å². The summed E-state index contributed by atoms with van der Waals surface area (Å²) in [7, 11) is 1.68. The maximum Gasteiger partial charge on any atom is 0.407 e. The Kier molecular flexibility index (Phi) is 4.81. The zero-order valence-corrected chi connectivity index (χ0v) is 11.7. The molecule has 0 atom stereocenters. The van der Waals surface area contributed by atoms with E-state index in [0.717, 1.165) is 25.9 Å². The second-order valence-corrected chi connectivity index (χ2v) is 5.49. The molecule has 1 saturated heterocycles.